The Balaban J connectivity index is 2.32. The lowest BCUT2D eigenvalue weighted by molar-refractivity contribution is 0.0695. The van der Waals surface area contributed by atoms with Crippen LogP contribution in [-0.4, -0.2) is 27.9 Å². The number of rotatable bonds is 5. The molecule has 2 rings (SSSR count). The summed E-state index contributed by atoms with van der Waals surface area (Å²) in [6.07, 6.45) is -0.133. The van der Waals surface area contributed by atoms with Crippen molar-refractivity contribution in [1.29, 1.82) is 0 Å². The third-order valence-electron chi connectivity index (χ3n) is 3.17. The van der Waals surface area contributed by atoms with Gasteiger partial charge in [0.1, 0.15) is 0 Å². The highest BCUT2D eigenvalue weighted by Gasteiger charge is 2.17. The zero-order chi connectivity index (χ0) is 16.3. The lowest BCUT2D eigenvalue weighted by Crippen LogP contribution is -2.11. The maximum atomic E-state index is 12.2. The smallest absolute Gasteiger partial charge is 0.336 e. The van der Waals surface area contributed by atoms with E-state index in [0.717, 1.165) is 6.07 Å². The van der Waals surface area contributed by atoms with Crippen LogP contribution in [0.15, 0.2) is 42.5 Å². The normalized spacial score (nSPS) is 10.2. The summed E-state index contributed by atoms with van der Waals surface area (Å²) in [5, 5.41) is 18.1. The summed E-state index contributed by atoms with van der Waals surface area (Å²) in [6.45, 7) is 0. The van der Waals surface area contributed by atoms with Crippen LogP contribution in [0.4, 0.5) is 5.69 Å². The average Bonchev–Trinajstić information content (AvgIpc) is 2.47. The molecule has 6 heteroatoms. The molecule has 0 fully saturated rings. The molecule has 0 aliphatic rings. The standard InChI is InChI=1S/C16H13NO5/c17-12-5-3-9(4-6-12)14(18)8-10-1-2-11(15(19)20)7-13(10)16(21)22/h1-7H,8,17H2,(H,19,20)(H,21,22). The van der Waals surface area contributed by atoms with Crippen LogP contribution >= 0.6 is 0 Å². The lowest BCUT2D eigenvalue weighted by atomic mass is 9.97. The molecule has 6 nitrogen and oxygen atoms in total. The van der Waals surface area contributed by atoms with Gasteiger partial charge in [0.15, 0.2) is 5.78 Å². The van der Waals surface area contributed by atoms with Crippen LogP contribution < -0.4 is 5.73 Å². The molecule has 0 heterocycles. The largest absolute Gasteiger partial charge is 0.478 e. The first-order valence-corrected chi connectivity index (χ1v) is 6.36. The Morgan fingerprint density at radius 2 is 1.45 bits per heavy atom. The number of carbonyl (C=O) groups excluding carboxylic acids is 1. The van der Waals surface area contributed by atoms with Gasteiger partial charge in [-0.2, -0.15) is 0 Å². The Kier molecular flexibility index (Phi) is 4.22. The van der Waals surface area contributed by atoms with Crippen LogP contribution in [-0.2, 0) is 6.42 Å². The van der Waals surface area contributed by atoms with Gasteiger partial charge in [0.25, 0.3) is 0 Å². The highest BCUT2D eigenvalue weighted by molar-refractivity contribution is 6.01. The van der Waals surface area contributed by atoms with Gasteiger partial charge in [-0.05, 0) is 42.0 Å². The highest BCUT2D eigenvalue weighted by atomic mass is 16.4. The second kappa shape index (κ2) is 6.09. The molecule has 0 aliphatic carbocycles. The number of ketones is 1. The van der Waals surface area contributed by atoms with E-state index in [1.807, 2.05) is 0 Å². The van der Waals surface area contributed by atoms with E-state index in [0.29, 0.717) is 11.3 Å². The first-order valence-electron chi connectivity index (χ1n) is 6.36. The van der Waals surface area contributed by atoms with E-state index in [9.17, 15) is 19.5 Å². The number of hydrogen-bond acceptors (Lipinski definition) is 4. The maximum absolute atomic E-state index is 12.2. The quantitative estimate of drug-likeness (QED) is 0.574. The summed E-state index contributed by atoms with van der Waals surface area (Å²) in [5.74, 6) is -2.77. The highest BCUT2D eigenvalue weighted by Crippen LogP contribution is 2.16. The molecule has 0 bridgehead atoms. The molecule has 4 N–H and O–H groups in total. The Labute approximate surface area is 125 Å². The molecule has 0 aromatic heterocycles. The Bertz CT molecular complexity index is 750. The number of benzene rings is 2. The molecular formula is C16H13NO5. The first kappa shape index (κ1) is 15.2. The fraction of sp³-hybridized carbons (Fsp3) is 0.0625. The van der Waals surface area contributed by atoms with Gasteiger partial charge in [0.05, 0.1) is 11.1 Å². The molecular weight excluding hydrogens is 286 g/mol. The topological polar surface area (TPSA) is 118 Å². The number of carboxylic acids is 2. The SMILES string of the molecule is Nc1ccc(C(=O)Cc2ccc(C(=O)O)cc2C(=O)O)cc1. The van der Waals surface area contributed by atoms with Crippen molar-refractivity contribution < 1.29 is 24.6 Å². The van der Waals surface area contributed by atoms with Crippen molar-refractivity contribution in [2.45, 2.75) is 6.42 Å². The first-order chi connectivity index (χ1) is 10.4. The van der Waals surface area contributed by atoms with Crippen molar-refractivity contribution >= 4 is 23.4 Å². The molecule has 2 aromatic carbocycles. The van der Waals surface area contributed by atoms with Crippen LogP contribution in [0.25, 0.3) is 0 Å². The molecule has 0 spiro atoms. The molecule has 22 heavy (non-hydrogen) atoms. The molecule has 0 amide bonds. The molecule has 0 aliphatic heterocycles. The third kappa shape index (κ3) is 3.29. The minimum atomic E-state index is -1.27. The lowest BCUT2D eigenvalue weighted by Gasteiger charge is -2.07. The van der Waals surface area contributed by atoms with Gasteiger partial charge in [-0.1, -0.05) is 6.07 Å². The number of Topliss-reactive ketones (excluding diaryl/α,β-unsaturated/α-hetero) is 1. The van der Waals surface area contributed by atoms with Gasteiger partial charge in [0, 0.05) is 17.7 Å². The van der Waals surface area contributed by atoms with Gasteiger partial charge in [-0.25, -0.2) is 9.59 Å². The minimum Gasteiger partial charge on any atom is -0.478 e. The summed E-state index contributed by atoms with van der Waals surface area (Å²) in [5.41, 5.74) is 6.41. The average molecular weight is 299 g/mol. The second-order valence-corrected chi connectivity index (χ2v) is 4.70. The van der Waals surface area contributed by atoms with E-state index in [2.05, 4.69) is 0 Å². The van der Waals surface area contributed by atoms with E-state index >= 15 is 0 Å². The predicted molar refractivity (Wildman–Crippen MR) is 79.2 cm³/mol. The second-order valence-electron chi connectivity index (χ2n) is 4.70. The van der Waals surface area contributed by atoms with Crippen molar-refractivity contribution in [3.63, 3.8) is 0 Å². The molecule has 0 unspecified atom stereocenters. The van der Waals surface area contributed by atoms with Crippen molar-refractivity contribution in [2.75, 3.05) is 5.73 Å². The summed E-state index contributed by atoms with van der Waals surface area (Å²) in [4.78, 5) is 34.3. The minimum absolute atomic E-state index is 0.133. The van der Waals surface area contributed by atoms with Gasteiger partial charge < -0.3 is 15.9 Å². The Morgan fingerprint density at radius 3 is 2.00 bits per heavy atom. The molecule has 0 radical (unpaired) electrons. The number of carboxylic acid groups (broad SMARTS) is 2. The molecule has 0 saturated heterocycles. The van der Waals surface area contributed by atoms with E-state index < -0.39 is 11.9 Å². The van der Waals surface area contributed by atoms with Gasteiger partial charge >= 0.3 is 11.9 Å². The fourth-order valence-electron chi connectivity index (χ4n) is 2.01. The Hall–Kier alpha value is -3.15. The molecule has 0 atom stereocenters. The number of aromatic carboxylic acids is 2. The Morgan fingerprint density at radius 1 is 0.864 bits per heavy atom. The van der Waals surface area contributed by atoms with Crippen LogP contribution in [0, 0.1) is 0 Å². The van der Waals surface area contributed by atoms with Crippen molar-refractivity contribution in [3.05, 3.63) is 64.7 Å². The van der Waals surface area contributed by atoms with Gasteiger partial charge in [-0.15, -0.1) is 0 Å². The monoisotopic (exact) mass is 299 g/mol. The maximum Gasteiger partial charge on any atom is 0.336 e. The molecule has 112 valence electrons. The number of nitrogen functional groups attached to an aromatic ring is 1. The fourth-order valence-corrected chi connectivity index (χ4v) is 2.01. The number of anilines is 1. The summed E-state index contributed by atoms with van der Waals surface area (Å²) < 4.78 is 0. The predicted octanol–water partition coefficient (Wildman–Crippen LogP) is 2.09. The zero-order valence-corrected chi connectivity index (χ0v) is 11.4. The van der Waals surface area contributed by atoms with E-state index in [4.69, 9.17) is 10.8 Å². The van der Waals surface area contributed by atoms with Crippen LogP contribution in [0.1, 0.15) is 36.6 Å². The van der Waals surface area contributed by atoms with E-state index in [-0.39, 0.29) is 28.9 Å². The molecule has 0 saturated carbocycles. The van der Waals surface area contributed by atoms with Crippen molar-refractivity contribution in [1.82, 2.24) is 0 Å². The summed E-state index contributed by atoms with van der Waals surface area (Å²) in [7, 11) is 0. The zero-order valence-electron chi connectivity index (χ0n) is 11.4. The summed E-state index contributed by atoms with van der Waals surface area (Å²) >= 11 is 0. The van der Waals surface area contributed by atoms with Crippen molar-refractivity contribution in [3.8, 4) is 0 Å². The number of carbonyl (C=O) groups is 3. The van der Waals surface area contributed by atoms with Crippen LogP contribution in [0.5, 0.6) is 0 Å². The van der Waals surface area contributed by atoms with Crippen molar-refractivity contribution in [2.24, 2.45) is 0 Å². The van der Waals surface area contributed by atoms with Crippen LogP contribution in [0.3, 0.4) is 0 Å². The third-order valence-corrected chi connectivity index (χ3v) is 3.17. The van der Waals surface area contributed by atoms with Gasteiger partial charge in [-0.3, -0.25) is 4.79 Å². The van der Waals surface area contributed by atoms with E-state index in [1.54, 1.807) is 24.3 Å². The van der Waals surface area contributed by atoms with E-state index in [1.165, 1.54) is 12.1 Å². The number of hydrogen-bond donors (Lipinski definition) is 3. The molecule has 2 aromatic rings. The van der Waals surface area contributed by atoms with Crippen LogP contribution in [0.2, 0.25) is 0 Å². The number of nitrogens with two attached hydrogens (primary N) is 1. The van der Waals surface area contributed by atoms with Gasteiger partial charge in [0.2, 0.25) is 0 Å². The summed E-state index contributed by atoms with van der Waals surface area (Å²) in [6, 6.07) is 9.96.